The molecule has 0 unspecified atom stereocenters. The van der Waals surface area contributed by atoms with Crippen molar-refractivity contribution in [1.29, 1.82) is 0 Å². The van der Waals surface area contributed by atoms with Crippen molar-refractivity contribution < 1.29 is 4.79 Å². The third-order valence-electron chi connectivity index (χ3n) is 1.92. The van der Waals surface area contributed by atoms with Gasteiger partial charge in [-0.3, -0.25) is 4.79 Å². The lowest BCUT2D eigenvalue weighted by Crippen LogP contribution is -1.74. The minimum atomic E-state index is 0.287. The van der Waals surface area contributed by atoms with E-state index in [9.17, 15) is 4.79 Å². The summed E-state index contributed by atoms with van der Waals surface area (Å²) in [5.74, 6) is 0. The molecule has 2 rings (SSSR count). The number of carbonyl (C=O) groups is 1. The maximum absolute atomic E-state index is 10.6. The Balaban J connectivity index is 2.20. The minimum absolute atomic E-state index is 0.287. The first kappa shape index (κ1) is 11.6. The zero-order chi connectivity index (χ0) is 11.5. The second kappa shape index (κ2) is 4.99. The minimum Gasteiger partial charge on any atom is -0.297 e. The molecule has 0 amide bonds. The predicted octanol–water partition coefficient (Wildman–Crippen LogP) is 4.07. The molecule has 82 valence electrons. The lowest BCUT2D eigenvalue weighted by atomic mass is 10.2. The van der Waals surface area contributed by atoms with Gasteiger partial charge in [0, 0.05) is 4.90 Å². The van der Waals surface area contributed by atoms with E-state index in [1.165, 1.54) is 28.7 Å². The van der Waals surface area contributed by atoms with Gasteiger partial charge in [-0.1, -0.05) is 41.1 Å². The molecule has 5 heteroatoms. The number of aryl methyl sites for hydroxylation is 1. The number of thiazole rings is 1. The molecule has 0 aliphatic heterocycles. The molecule has 0 N–H and O–H groups in total. The summed E-state index contributed by atoms with van der Waals surface area (Å²) in [4.78, 5) is 16.3. The highest BCUT2D eigenvalue weighted by molar-refractivity contribution is 8.01. The first-order valence-electron chi connectivity index (χ1n) is 4.55. The SMILES string of the molecule is Cc1ccc(Sc2nc(Cl)c(C=O)s2)cc1. The Bertz CT molecular complexity index is 507. The first-order valence-corrected chi connectivity index (χ1v) is 6.56. The Hall–Kier alpha value is -0.840. The van der Waals surface area contributed by atoms with Gasteiger partial charge in [-0.25, -0.2) is 4.98 Å². The number of carbonyl (C=O) groups excluding carboxylic acids is 1. The van der Waals surface area contributed by atoms with Crippen LogP contribution in [0.5, 0.6) is 0 Å². The van der Waals surface area contributed by atoms with Gasteiger partial charge in [-0.05, 0) is 19.1 Å². The average Bonchev–Trinajstić information content (AvgIpc) is 2.62. The summed E-state index contributed by atoms with van der Waals surface area (Å²) in [6, 6.07) is 8.13. The van der Waals surface area contributed by atoms with Crippen molar-refractivity contribution in [1.82, 2.24) is 4.98 Å². The van der Waals surface area contributed by atoms with E-state index in [1.807, 2.05) is 31.2 Å². The second-order valence-corrected chi connectivity index (χ2v) is 5.88. The van der Waals surface area contributed by atoms with Crippen LogP contribution in [-0.4, -0.2) is 11.3 Å². The predicted molar refractivity (Wildman–Crippen MR) is 67.8 cm³/mol. The number of aldehydes is 1. The Morgan fingerprint density at radius 3 is 2.62 bits per heavy atom. The van der Waals surface area contributed by atoms with Gasteiger partial charge in [0.05, 0.1) is 0 Å². The second-order valence-electron chi connectivity index (χ2n) is 3.17. The quantitative estimate of drug-likeness (QED) is 0.787. The largest absolute Gasteiger partial charge is 0.297 e. The van der Waals surface area contributed by atoms with Crippen LogP contribution in [0, 0.1) is 6.92 Å². The summed E-state index contributed by atoms with van der Waals surface area (Å²) in [7, 11) is 0. The Morgan fingerprint density at radius 1 is 1.38 bits per heavy atom. The van der Waals surface area contributed by atoms with Gasteiger partial charge in [0.1, 0.15) is 4.88 Å². The van der Waals surface area contributed by atoms with E-state index in [0.29, 0.717) is 4.88 Å². The molecule has 0 fully saturated rings. The molecule has 16 heavy (non-hydrogen) atoms. The molecular weight excluding hydrogens is 262 g/mol. The van der Waals surface area contributed by atoms with Crippen molar-refractivity contribution in [3.8, 4) is 0 Å². The van der Waals surface area contributed by atoms with Gasteiger partial charge in [0.25, 0.3) is 0 Å². The van der Waals surface area contributed by atoms with Crippen LogP contribution in [0.1, 0.15) is 15.2 Å². The maximum Gasteiger partial charge on any atom is 0.163 e. The van der Waals surface area contributed by atoms with Gasteiger partial charge in [0.2, 0.25) is 0 Å². The van der Waals surface area contributed by atoms with Gasteiger partial charge in [0.15, 0.2) is 15.8 Å². The molecule has 0 spiro atoms. The van der Waals surface area contributed by atoms with E-state index in [1.54, 1.807) is 0 Å². The normalized spacial score (nSPS) is 10.4. The molecule has 2 aromatic rings. The number of rotatable bonds is 3. The van der Waals surface area contributed by atoms with Crippen molar-refractivity contribution in [2.45, 2.75) is 16.2 Å². The molecule has 2 nitrogen and oxygen atoms in total. The first-order chi connectivity index (χ1) is 7.69. The van der Waals surface area contributed by atoms with Crippen LogP contribution in [0.2, 0.25) is 5.15 Å². The van der Waals surface area contributed by atoms with Gasteiger partial charge in [-0.15, -0.1) is 11.3 Å². The number of halogens is 1. The maximum atomic E-state index is 10.6. The lowest BCUT2D eigenvalue weighted by molar-refractivity contribution is 0.112. The van der Waals surface area contributed by atoms with Crippen molar-refractivity contribution in [3.63, 3.8) is 0 Å². The highest BCUT2D eigenvalue weighted by Crippen LogP contribution is 2.34. The molecule has 0 atom stereocenters. The van der Waals surface area contributed by atoms with E-state index in [4.69, 9.17) is 11.6 Å². The van der Waals surface area contributed by atoms with Crippen LogP contribution in [0.25, 0.3) is 0 Å². The fourth-order valence-electron chi connectivity index (χ4n) is 1.12. The van der Waals surface area contributed by atoms with E-state index < -0.39 is 0 Å². The van der Waals surface area contributed by atoms with Gasteiger partial charge in [-0.2, -0.15) is 0 Å². The average molecular weight is 270 g/mol. The van der Waals surface area contributed by atoms with E-state index in [2.05, 4.69) is 4.98 Å². The van der Waals surface area contributed by atoms with Crippen molar-refractivity contribution in [3.05, 3.63) is 39.9 Å². The summed E-state index contributed by atoms with van der Waals surface area (Å²) in [5.41, 5.74) is 1.22. The summed E-state index contributed by atoms with van der Waals surface area (Å²) in [6.07, 6.45) is 0.735. The van der Waals surface area contributed by atoms with Crippen molar-refractivity contribution in [2.75, 3.05) is 0 Å². The number of nitrogens with zero attached hydrogens (tertiary/aromatic N) is 1. The van der Waals surface area contributed by atoms with Crippen LogP contribution >= 0.6 is 34.7 Å². The van der Waals surface area contributed by atoms with Crippen LogP contribution in [-0.2, 0) is 0 Å². The molecule has 0 saturated carbocycles. The molecule has 0 bridgehead atoms. The van der Waals surface area contributed by atoms with Gasteiger partial charge >= 0.3 is 0 Å². The molecule has 1 heterocycles. The topological polar surface area (TPSA) is 30.0 Å². The molecule has 1 aromatic heterocycles. The molecule has 0 radical (unpaired) electrons. The number of hydrogen-bond acceptors (Lipinski definition) is 4. The van der Waals surface area contributed by atoms with Crippen LogP contribution < -0.4 is 0 Å². The molecule has 0 saturated heterocycles. The summed E-state index contributed by atoms with van der Waals surface area (Å²) < 4.78 is 0.788. The molecule has 0 aliphatic rings. The smallest absolute Gasteiger partial charge is 0.163 e. The summed E-state index contributed by atoms with van der Waals surface area (Å²) in [5, 5.41) is 0.287. The fraction of sp³-hybridized carbons (Fsp3) is 0.0909. The number of hydrogen-bond donors (Lipinski definition) is 0. The van der Waals surface area contributed by atoms with Crippen LogP contribution in [0.4, 0.5) is 0 Å². The molecule has 0 aliphatic carbocycles. The van der Waals surface area contributed by atoms with Crippen LogP contribution in [0.15, 0.2) is 33.5 Å². The summed E-state index contributed by atoms with van der Waals surface area (Å²) in [6.45, 7) is 2.04. The zero-order valence-electron chi connectivity index (χ0n) is 8.44. The van der Waals surface area contributed by atoms with Gasteiger partial charge < -0.3 is 0 Å². The standard InChI is InChI=1S/C11H8ClNOS2/c1-7-2-4-8(5-3-7)15-11-13-10(12)9(6-14)16-11/h2-6H,1H3. The fourth-order valence-corrected chi connectivity index (χ4v) is 3.30. The zero-order valence-corrected chi connectivity index (χ0v) is 10.8. The van der Waals surface area contributed by atoms with E-state index in [0.717, 1.165) is 15.5 Å². The number of aromatic nitrogens is 1. The monoisotopic (exact) mass is 269 g/mol. The van der Waals surface area contributed by atoms with Crippen LogP contribution in [0.3, 0.4) is 0 Å². The highest BCUT2D eigenvalue weighted by atomic mass is 35.5. The number of benzene rings is 1. The van der Waals surface area contributed by atoms with Crippen molar-refractivity contribution in [2.24, 2.45) is 0 Å². The Labute approximate surface area is 107 Å². The third-order valence-corrected chi connectivity index (χ3v) is 4.37. The Morgan fingerprint density at radius 2 is 2.06 bits per heavy atom. The molecule has 1 aromatic carbocycles. The van der Waals surface area contributed by atoms with Crippen molar-refractivity contribution >= 4 is 41.0 Å². The van der Waals surface area contributed by atoms with E-state index >= 15 is 0 Å². The lowest BCUT2D eigenvalue weighted by Gasteiger charge is -1.97. The summed E-state index contributed by atoms with van der Waals surface area (Å²) >= 11 is 8.61. The third kappa shape index (κ3) is 2.64. The Kier molecular flexibility index (Phi) is 3.63. The highest BCUT2D eigenvalue weighted by Gasteiger charge is 2.09. The molecular formula is C11H8ClNOS2. The van der Waals surface area contributed by atoms with E-state index in [-0.39, 0.29) is 5.15 Å².